The molecular formula is C21H30FN5O3. The van der Waals surface area contributed by atoms with Crippen molar-refractivity contribution in [1.29, 1.82) is 0 Å². The lowest BCUT2D eigenvalue weighted by molar-refractivity contribution is -0.133. The third kappa shape index (κ3) is 5.08. The molecule has 1 heterocycles. The van der Waals surface area contributed by atoms with E-state index in [2.05, 4.69) is 10.6 Å². The summed E-state index contributed by atoms with van der Waals surface area (Å²) >= 11 is 0. The van der Waals surface area contributed by atoms with Crippen LogP contribution in [-0.4, -0.2) is 65.5 Å². The van der Waals surface area contributed by atoms with E-state index in [9.17, 15) is 18.8 Å². The number of urea groups is 1. The number of halogens is 1. The Labute approximate surface area is 176 Å². The minimum absolute atomic E-state index is 0.0295. The summed E-state index contributed by atoms with van der Waals surface area (Å²) in [7, 11) is 0. The van der Waals surface area contributed by atoms with Gasteiger partial charge in [0.2, 0.25) is 0 Å². The minimum Gasteiger partial charge on any atom is -0.350 e. The third-order valence-electron chi connectivity index (χ3n) is 5.68. The maximum Gasteiger partial charge on any atom is 0.319 e. The lowest BCUT2D eigenvalue weighted by Crippen LogP contribution is -2.65. The first-order valence-corrected chi connectivity index (χ1v) is 10.6. The SMILES string of the molecule is CCNC(=O)N1CCCN(C(=O)c2ccc(F)cc2)C1C(=O)NC1CCC(N)CC1. The largest absolute Gasteiger partial charge is 0.350 e. The molecule has 3 rings (SSSR count). The molecular weight excluding hydrogens is 389 g/mol. The lowest BCUT2D eigenvalue weighted by atomic mass is 9.91. The Morgan fingerprint density at radius 3 is 2.33 bits per heavy atom. The van der Waals surface area contributed by atoms with E-state index in [-0.39, 0.29) is 29.6 Å². The van der Waals surface area contributed by atoms with Gasteiger partial charge in [0, 0.05) is 37.3 Å². The molecule has 9 heteroatoms. The highest BCUT2D eigenvalue weighted by Gasteiger charge is 2.41. The molecule has 1 aromatic rings. The van der Waals surface area contributed by atoms with Gasteiger partial charge < -0.3 is 21.3 Å². The molecule has 1 aliphatic heterocycles. The highest BCUT2D eigenvalue weighted by Crippen LogP contribution is 2.21. The van der Waals surface area contributed by atoms with Crippen LogP contribution in [-0.2, 0) is 4.79 Å². The van der Waals surface area contributed by atoms with Crippen molar-refractivity contribution in [2.24, 2.45) is 5.73 Å². The number of hydrogen-bond donors (Lipinski definition) is 3. The van der Waals surface area contributed by atoms with Gasteiger partial charge in [0.15, 0.2) is 6.17 Å². The molecule has 2 fully saturated rings. The van der Waals surface area contributed by atoms with Gasteiger partial charge in [0.25, 0.3) is 11.8 Å². The van der Waals surface area contributed by atoms with Crippen LogP contribution >= 0.6 is 0 Å². The fourth-order valence-electron chi connectivity index (χ4n) is 4.08. The van der Waals surface area contributed by atoms with E-state index in [1.54, 1.807) is 6.92 Å². The average Bonchev–Trinajstić information content (AvgIpc) is 2.75. The molecule has 30 heavy (non-hydrogen) atoms. The third-order valence-corrected chi connectivity index (χ3v) is 5.68. The summed E-state index contributed by atoms with van der Waals surface area (Å²) in [6.45, 7) is 2.91. The Kier molecular flexibility index (Phi) is 7.25. The topological polar surface area (TPSA) is 108 Å². The molecule has 1 aromatic carbocycles. The first-order valence-electron chi connectivity index (χ1n) is 10.6. The fraction of sp³-hybridized carbons (Fsp3) is 0.571. The van der Waals surface area contributed by atoms with Crippen LogP contribution in [0, 0.1) is 5.82 Å². The summed E-state index contributed by atoms with van der Waals surface area (Å²) in [6, 6.07) is 4.92. The van der Waals surface area contributed by atoms with E-state index >= 15 is 0 Å². The molecule has 0 spiro atoms. The van der Waals surface area contributed by atoms with Crippen LogP contribution in [0.1, 0.15) is 49.4 Å². The normalized spacial score (nSPS) is 24.3. The molecule has 0 bridgehead atoms. The lowest BCUT2D eigenvalue weighted by Gasteiger charge is -2.43. The molecule has 8 nitrogen and oxygen atoms in total. The van der Waals surface area contributed by atoms with Crippen molar-refractivity contribution >= 4 is 17.8 Å². The van der Waals surface area contributed by atoms with Crippen molar-refractivity contribution < 1.29 is 18.8 Å². The zero-order chi connectivity index (χ0) is 21.7. The van der Waals surface area contributed by atoms with Crippen molar-refractivity contribution in [3.8, 4) is 0 Å². The van der Waals surface area contributed by atoms with Gasteiger partial charge in [-0.2, -0.15) is 0 Å². The minimum atomic E-state index is -1.06. The van der Waals surface area contributed by atoms with E-state index in [0.717, 1.165) is 25.7 Å². The number of nitrogens with zero attached hydrogens (tertiary/aromatic N) is 2. The molecule has 164 valence electrons. The van der Waals surface area contributed by atoms with Crippen molar-refractivity contribution in [2.75, 3.05) is 19.6 Å². The van der Waals surface area contributed by atoms with Crippen LogP contribution in [0.3, 0.4) is 0 Å². The van der Waals surface area contributed by atoms with Gasteiger partial charge in [0.1, 0.15) is 5.82 Å². The van der Waals surface area contributed by atoms with Crippen LogP contribution < -0.4 is 16.4 Å². The maximum atomic E-state index is 13.3. The predicted molar refractivity (Wildman–Crippen MR) is 110 cm³/mol. The number of nitrogens with two attached hydrogens (primary N) is 1. The Morgan fingerprint density at radius 1 is 1.07 bits per heavy atom. The number of nitrogens with one attached hydrogen (secondary N) is 2. The molecule has 0 radical (unpaired) electrons. The molecule has 0 aromatic heterocycles. The molecule has 1 unspecified atom stereocenters. The molecule has 4 N–H and O–H groups in total. The number of amides is 4. The Morgan fingerprint density at radius 2 is 1.70 bits per heavy atom. The molecule has 1 saturated carbocycles. The van der Waals surface area contributed by atoms with Gasteiger partial charge >= 0.3 is 6.03 Å². The predicted octanol–water partition coefficient (Wildman–Crippen LogP) is 1.42. The zero-order valence-electron chi connectivity index (χ0n) is 17.3. The number of carbonyl (C=O) groups excluding carboxylic acids is 3. The maximum absolute atomic E-state index is 13.3. The molecule has 1 atom stereocenters. The Hall–Kier alpha value is -2.68. The van der Waals surface area contributed by atoms with Crippen LogP contribution in [0.5, 0.6) is 0 Å². The second-order valence-electron chi connectivity index (χ2n) is 7.88. The van der Waals surface area contributed by atoms with Crippen LogP contribution in [0.15, 0.2) is 24.3 Å². The summed E-state index contributed by atoms with van der Waals surface area (Å²) in [5.41, 5.74) is 6.22. The smallest absolute Gasteiger partial charge is 0.319 e. The van der Waals surface area contributed by atoms with E-state index in [0.29, 0.717) is 26.1 Å². The van der Waals surface area contributed by atoms with E-state index in [1.165, 1.54) is 34.1 Å². The number of hydrogen-bond acceptors (Lipinski definition) is 4. The van der Waals surface area contributed by atoms with Gasteiger partial charge in [-0.1, -0.05) is 0 Å². The summed E-state index contributed by atoms with van der Waals surface area (Å²) in [4.78, 5) is 41.8. The second-order valence-corrected chi connectivity index (χ2v) is 7.88. The molecule has 1 saturated heterocycles. The van der Waals surface area contributed by atoms with Gasteiger partial charge in [-0.3, -0.25) is 14.5 Å². The van der Waals surface area contributed by atoms with E-state index in [1.807, 2.05) is 0 Å². The first-order chi connectivity index (χ1) is 14.4. The highest BCUT2D eigenvalue weighted by molar-refractivity contribution is 5.98. The van der Waals surface area contributed by atoms with Crippen molar-refractivity contribution in [1.82, 2.24) is 20.4 Å². The Bertz CT molecular complexity index is 764. The molecule has 1 aliphatic carbocycles. The quantitative estimate of drug-likeness (QED) is 0.686. The monoisotopic (exact) mass is 419 g/mol. The summed E-state index contributed by atoms with van der Waals surface area (Å²) in [5, 5.41) is 5.73. The number of rotatable bonds is 4. The molecule has 2 aliphatic rings. The summed E-state index contributed by atoms with van der Waals surface area (Å²) in [5.74, 6) is -1.23. The van der Waals surface area contributed by atoms with Crippen LogP contribution in [0.2, 0.25) is 0 Å². The number of benzene rings is 1. The Balaban J connectivity index is 1.83. The zero-order valence-corrected chi connectivity index (χ0v) is 17.3. The van der Waals surface area contributed by atoms with E-state index in [4.69, 9.17) is 5.73 Å². The number of carbonyl (C=O) groups is 3. The summed E-state index contributed by atoms with van der Waals surface area (Å²) < 4.78 is 13.3. The van der Waals surface area contributed by atoms with Crippen molar-refractivity contribution in [3.63, 3.8) is 0 Å². The van der Waals surface area contributed by atoms with Gasteiger partial charge in [-0.05, 0) is 63.3 Å². The molecule has 4 amide bonds. The van der Waals surface area contributed by atoms with Crippen LogP contribution in [0.25, 0.3) is 0 Å². The van der Waals surface area contributed by atoms with Crippen LogP contribution in [0.4, 0.5) is 9.18 Å². The average molecular weight is 420 g/mol. The second kappa shape index (κ2) is 9.88. The fourth-order valence-corrected chi connectivity index (χ4v) is 4.08. The van der Waals surface area contributed by atoms with Crippen molar-refractivity contribution in [3.05, 3.63) is 35.6 Å². The standard InChI is InChI=1S/C21H30FN5O3/c1-2-24-21(30)27-13-3-12-26(20(29)14-4-6-15(22)7-5-14)19(27)18(28)25-17-10-8-16(23)9-11-17/h4-7,16-17,19H,2-3,8-13,23H2,1H3,(H,24,30)(H,25,28). The summed E-state index contributed by atoms with van der Waals surface area (Å²) in [6.07, 6.45) is 2.69. The first kappa shape index (κ1) is 22.0. The highest BCUT2D eigenvalue weighted by atomic mass is 19.1. The van der Waals surface area contributed by atoms with E-state index < -0.39 is 17.9 Å². The van der Waals surface area contributed by atoms with Crippen molar-refractivity contribution in [2.45, 2.75) is 57.3 Å². The van der Waals surface area contributed by atoms with Gasteiger partial charge in [0.05, 0.1) is 0 Å². The van der Waals surface area contributed by atoms with Gasteiger partial charge in [-0.15, -0.1) is 0 Å². The van der Waals surface area contributed by atoms with Gasteiger partial charge in [-0.25, -0.2) is 9.18 Å².